The van der Waals surface area contributed by atoms with Gasteiger partial charge in [-0.2, -0.15) is 4.31 Å². The van der Waals surface area contributed by atoms with Crippen LogP contribution in [0.3, 0.4) is 0 Å². The number of allylic oxidation sites excluding steroid dienone is 1. The van der Waals surface area contributed by atoms with Crippen molar-refractivity contribution in [1.29, 1.82) is 0 Å². The van der Waals surface area contributed by atoms with Crippen LogP contribution in [-0.2, 0) is 16.6 Å². The second kappa shape index (κ2) is 9.77. The minimum atomic E-state index is -3.45. The summed E-state index contributed by atoms with van der Waals surface area (Å²) in [4.78, 5) is 6.00. The minimum Gasteiger partial charge on any atom is -0.313 e. The van der Waals surface area contributed by atoms with E-state index in [4.69, 9.17) is 4.99 Å². The van der Waals surface area contributed by atoms with E-state index in [-0.39, 0.29) is 0 Å². The molecule has 1 saturated heterocycles. The molecule has 1 fully saturated rings. The van der Waals surface area contributed by atoms with Gasteiger partial charge in [0.25, 0.3) is 0 Å². The van der Waals surface area contributed by atoms with Gasteiger partial charge in [0.2, 0.25) is 10.0 Å². The van der Waals surface area contributed by atoms with Gasteiger partial charge in [0, 0.05) is 25.0 Å². The zero-order valence-corrected chi connectivity index (χ0v) is 19.1. The van der Waals surface area contributed by atoms with Crippen molar-refractivity contribution in [1.82, 2.24) is 8.87 Å². The SMILES string of the molecule is C=CCn1c(-c2ccc(S(=O)(=O)N3CCCCCC3)cc2)csc1=Nc1ccccc1. The number of hydrogen-bond acceptors (Lipinski definition) is 4. The summed E-state index contributed by atoms with van der Waals surface area (Å²) in [6.45, 7) is 5.72. The summed E-state index contributed by atoms with van der Waals surface area (Å²) in [6.07, 6.45) is 5.91. The van der Waals surface area contributed by atoms with Crippen LogP contribution < -0.4 is 4.80 Å². The number of benzene rings is 2. The molecule has 0 aliphatic carbocycles. The molecule has 1 aliphatic heterocycles. The largest absolute Gasteiger partial charge is 0.313 e. The van der Waals surface area contributed by atoms with Crippen molar-refractivity contribution in [2.75, 3.05) is 13.1 Å². The highest BCUT2D eigenvalue weighted by Crippen LogP contribution is 2.25. The lowest BCUT2D eigenvalue weighted by Crippen LogP contribution is -2.31. The molecule has 31 heavy (non-hydrogen) atoms. The van der Waals surface area contributed by atoms with Crippen LogP contribution >= 0.6 is 11.3 Å². The molecule has 0 saturated carbocycles. The molecule has 162 valence electrons. The third kappa shape index (κ3) is 4.89. The summed E-state index contributed by atoms with van der Waals surface area (Å²) >= 11 is 1.56. The van der Waals surface area contributed by atoms with E-state index in [9.17, 15) is 8.42 Å². The van der Waals surface area contributed by atoms with Gasteiger partial charge >= 0.3 is 0 Å². The smallest absolute Gasteiger partial charge is 0.243 e. The fourth-order valence-corrected chi connectivity index (χ4v) is 6.25. The summed E-state index contributed by atoms with van der Waals surface area (Å²) in [7, 11) is -3.45. The van der Waals surface area contributed by atoms with Crippen LogP contribution in [0.2, 0.25) is 0 Å². The number of rotatable bonds is 6. The summed E-state index contributed by atoms with van der Waals surface area (Å²) in [5, 5.41) is 2.06. The molecular weight excluding hydrogens is 426 g/mol. The van der Waals surface area contributed by atoms with Gasteiger partial charge in [-0.3, -0.25) is 0 Å². The van der Waals surface area contributed by atoms with E-state index in [1.165, 1.54) is 0 Å². The van der Waals surface area contributed by atoms with Crippen molar-refractivity contribution in [3.8, 4) is 11.3 Å². The molecule has 2 aromatic carbocycles. The first-order valence-corrected chi connectivity index (χ1v) is 12.9. The van der Waals surface area contributed by atoms with Gasteiger partial charge in [-0.05, 0) is 42.7 Å². The lowest BCUT2D eigenvalue weighted by atomic mass is 10.2. The molecule has 3 aromatic rings. The number of hydrogen-bond donors (Lipinski definition) is 0. The topological polar surface area (TPSA) is 54.7 Å². The summed E-state index contributed by atoms with van der Waals surface area (Å²) < 4.78 is 29.9. The van der Waals surface area contributed by atoms with Crippen molar-refractivity contribution in [2.24, 2.45) is 4.99 Å². The highest BCUT2D eigenvalue weighted by atomic mass is 32.2. The average Bonchev–Trinajstić information content (AvgIpc) is 2.99. The molecule has 0 radical (unpaired) electrons. The Balaban J connectivity index is 1.66. The van der Waals surface area contributed by atoms with E-state index >= 15 is 0 Å². The molecule has 1 aromatic heterocycles. The molecule has 0 spiro atoms. The van der Waals surface area contributed by atoms with E-state index in [1.807, 2.05) is 48.5 Å². The van der Waals surface area contributed by atoms with E-state index < -0.39 is 10.0 Å². The molecule has 1 aliphatic rings. The maximum absolute atomic E-state index is 13.1. The van der Waals surface area contributed by atoms with Gasteiger partial charge in [-0.15, -0.1) is 17.9 Å². The minimum absolute atomic E-state index is 0.359. The number of thiazole rings is 1. The molecule has 5 nitrogen and oxygen atoms in total. The van der Waals surface area contributed by atoms with Gasteiger partial charge in [0.05, 0.1) is 16.3 Å². The first kappa shape index (κ1) is 21.7. The summed E-state index contributed by atoms with van der Waals surface area (Å²) in [5.74, 6) is 0. The Kier molecular flexibility index (Phi) is 6.85. The van der Waals surface area contributed by atoms with Crippen LogP contribution in [0.5, 0.6) is 0 Å². The molecule has 0 atom stereocenters. The molecule has 2 heterocycles. The van der Waals surface area contributed by atoms with Gasteiger partial charge < -0.3 is 4.57 Å². The van der Waals surface area contributed by atoms with E-state index in [0.717, 1.165) is 47.4 Å². The number of nitrogens with zero attached hydrogens (tertiary/aromatic N) is 3. The van der Waals surface area contributed by atoms with Gasteiger partial charge in [-0.1, -0.05) is 49.2 Å². The first-order valence-electron chi connectivity index (χ1n) is 10.6. The molecular formula is C24H27N3O2S2. The maximum Gasteiger partial charge on any atom is 0.243 e. The highest BCUT2D eigenvalue weighted by molar-refractivity contribution is 7.89. The summed E-state index contributed by atoms with van der Waals surface area (Å²) in [6, 6.07) is 17.1. The third-order valence-electron chi connectivity index (χ3n) is 5.44. The molecule has 0 bridgehead atoms. The predicted molar refractivity (Wildman–Crippen MR) is 127 cm³/mol. The average molecular weight is 454 g/mol. The molecule has 4 rings (SSSR count). The Bertz CT molecular complexity index is 1190. The second-order valence-electron chi connectivity index (χ2n) is 7.59. The predicted octanol–water partition coefficient (Wildman–Crippen LogP) is 5.20. The molecule has 0 amide bonds. The van der Waals surface area contributed by atoms with Crippen molar-refractivity contribution >= 4 is 27.0 Å². The highest BCUT2D eigenvalue weighted by Gasteiger charge is 2.25. The number of sulfonamides is 1. The van der Waals surface area contributed by atoms with Crippen molar-refractivity contribution in [3.63, 3.8) is 0 Å². The normalized spacial score (nSPS) is 16.2. The van der Waals surface area contributed by atoms with E-state index in [0.29, 0.717) is 24.5 Å². The van der Waals surface area contributed by atoms with Crippen molar-refractivity contribution < 1.29 is 8.42 Å². The van der Waals surface area contributed by atoms with Crippen LogP contribution in [0, 0.1) is 0 Å². The summed E-state index contributed by atoms with van der Waals surface area (Å²) in [5.41, 5.74) is 2.85. The standard InChI is InChI=1S/C24H27N3O2S2/c1-2-16-27-23(19-30-24(27)25-21-10-6-5-7-11-21)20-12-14-22(15-13-20)31(28,29)26-17-8-3-4-9-18-26/h2,5-7,10-15,19H,1,3-4,8-9,16-18H2. The monoisotopic (exact) mass is 453 g/mol. The Morgan fingerprint density at radius 1 is 0.968 bits per heavy atom. The van der Waals surface area contributed by atoms with Gasteiger partial charge in [-0.25, -0.2) is 13.4 Å². The molecule has 0 N–H and O–H groups in total. The Morgan fingerprint density at radius 3 is 2.29 bits per heavy atom. The van der Waals surface area contributed by atoms with Crippen LogP contribution in [0.15, 0.2) is 82.5 Å². The zero-order valence-electron chi connectivity index (χ0n) is 17.5. The Hall–Kier alpha value is -2.48. The van der Waals surface area contributed by atoms with E-state index in [1.54, 1.807) is 27.8 Å². The van der Waals surface area contributed by atoms with Gasteiger partial charge in [0.1, 0.15) is 0 Å². The quantitative estimate of drug-likeness (QED) is 0.482. The number of para-hydroxylation sites is 1. The molecule has 0 unspecified atom stereocenters. The number of aromatic nitrogens is 1. The van der Waals surface area contributed by atoms with Crippen molar-refractivity contribution in [3.05, 3.63) is 77.4 Å². The Labute approximate surface area is 188 Å². The van der Waals surface area contributed by atoms with Crippen LogP contribution in [0.25, 0.3) is 11.3 Å². The first-order chi connectivity index (χ1) is 15.1. The Morgan fingerprint density at radius 2 is 1.65 bits per heavy atom. The van der Waals surface area contributed by atoms with Crippen molar-refractivity contribution in [2.45, 2.75) is 37.1 Å². The second-order valence-corrected chi connectivity index (χ2v) is 10.4. The third-order valence-corrected chi connectivity index (χ3v) is 8.22. The zero-order chi connectivity index (χ0) is 21.7. The van der Waals surface area contributed by atoms with Crippen LogP contribution in [0.4, 0.5) is 5.69 Å². The fourth-order valence-electron chi connectivity index (χ4n) is 3.80. The van der Waals surface area contributed by atoms with Crippen LogP contribution in [0.1, 0.15) is 25.7 Å². The van der Waals surface area contributed by atoms with Crippen LogP contribution in [-0.4, -0.2) is 30.4 Å². The maximum atomic E-state index is 13.1. The van der Waals surface area contributed by atoms with Gasteiger partial charge in [0.15, 0.2) is 4.80 Å². The fraction of sp³-hybridized carbons (Fsp3) is 0.292. The molecule has 7 heteroatoms. The lowest BCUT2D eigenvalue weighted by molar-refractivity contribution is 0.424. The van der Waals surface area contributed by atoms with E-state index in [2.05, 4.69) is 16.5 Å². The lowest BCUT2D eigenvalue weighted by Gasteiger charge is -2.20.